The molecule has 92 valence electrons. The summed E-state index contributed by atoms with van der Waals surface area (Å²) in [6.07, 6.45) is 2.27. The van der Waals surface area contributed by atoms with Gasteiger partial charge in [-0.25, -0.2) is 4.39 Å². The van der Waals surface area contributed by atoms with Crippen molar-refractivity contribution in [1.82, 2.24) is 5.32 Å². The molecule has 0 bridgehead atoms. The lowest BCUT2D eigenvalue weighted by Crippen LogP contribution is -2.31. The molecule has 0 amide bonds. The summed E-state index contributed by atoms with van der Waals surface area (Å²) in [7, 11) is 0. The molecule has 1 heterocycles. The molecule has 17 heavy (non-hydrogen) atoms. The number of nitrogens with one attached hydrogen (secondary N) is 1. The van der Waals surface area contributed by atoms with E-state index in [9.17, 15) is 9.18 Å². The predicted molar refractivity (Wildman–Crippen MR) is 62.5 cm³/mol. The van der Waals surface area contributed by atoms with Gasteiger partial charge in [-0.15, -0.1) is 0 Å². The number of ether oxygens (including phenoxy) is 1. The van der Waals surface area contributed by atoms with Gasteiger partial charge >= 0.3 is 0 Å². The topological polar surface area (TPSA) is 38.3 Å². The van der Waals surface area contributed by atoms with E-state index in [-0.39, 0.29) is 30.0 Å². The molecule has 2 rings (SSSR count). The average Bonchev–Trinajstić information content (AvgIpc) is 2.85. The van der Waals surface area contributed by atoms with Gasteiger partial charge in [-0.2, -0.15) is 0 Å². The van der Waals surface area contributed by atoms with Gasteiger partial charge in [-0.1, -0.05) is 12.1 Å². The lowest BCUT2D eigenvalue weighted by molar-refractivity contribution is -0.121. The number of rotatable bonds is 5. The highest BCUT2D eigenvalue weighted by Gasteiger charge is 2.21. The number of hydrogen-bond acceptors (Lipinski definition) is 3. The second-order valence-corrected chi connectivity index (χ2v) is 4.14. The third kappa shape index (κ3) is 3.27. The molecule has 1 unspecified atom stereocenters. The van der Waals surface area contributed by atoms with Crippen LogP contribution in [-0.2, 0) is 4.79 Å². The van der Waals surface area contributed by atoms with E-state index in [0.29, 0.717) is 6.42 Å². The van der Waals surface area contributed by atoms with Gasteiger partial charge in [-0.3, -0.25) is 4.79 Å². The Morgan fingerprint density at radius 2 is 2.29 bits per heavy atom. The molecule has 1 N–H and O–H groups in total. The summed E-state index contributed by atoms with van der Waals surface area (Å²) in [6, 6.07) is 6.19. The van der Waals surface area contributed by atoms with Crippen LogP contribution < -0.4 is 10.1 Å². The van der Waals surface area contributed by atoms with Crippen LogP contribution in [0.15, 0.2) is 24.3 Å². The fourth-order valence-electron chi connectivity index (χ4n) is 1.96. The maximum atomic E-state index is 13.2. The minimum Gasteiger partial charge on any atom is -0.490 e. The van der Waals surface area contributed by atoms with E-state index in [1.54, 1.807) is 18.2 Å². The summed E-state index contributed by atoms with van der Waals surface area (Å²) >= 11 is 0. The number of para-hydroxylation sites is 1. The standard InChI is InChI=1S/C13H16FNO2/c14-10-4-1-2-6-13(10)17-9-7-12(16)11-5-3-8-15-11/h1-2,4,6,11,15H,3,5,7-9H2. The van der Waals surface area contributed by atoms with Crippen LogP contribution in [0.3, 0.4) is 0 Å². The molecular weight excluding hydrogens is 221 g/mol. The van der Waals surface area contributed by atoms with Crippen molar-refractivity contribution in [3.63, 3.8) is 0 Å². The minimum atomic E-state index is -0.390. The Labute approximate surface area is 100.0 Å². The van der Waals surface area contributed by atoms with Crippen molar-refractivity contribution in [2.75, 3.05) is 13.2 Å². The van der Waals surface area contributed by atoms with E-state index in [1.165, 1.54) is 6.07 Å². The molecule has 0 radical (unpaired) electrons. The van der Waals surface area contributed by atoms with Crippen molar-refractivity contribution in [2.45, 2.75) is 25.3 Å². The van der Waals surface area contributed by atoms with E-state index >= 15 is 0 Å². The van der Waals surface area contributed by atoms with E-state index < -0.39 is 0 Å². The highest BCUT2D eigenvalue weighted by molar-refractivity contribution is 5.84. The van der Waals surface area contributed by atoms with E-state index in [4.69, 9.17) is 4.74 Å². The summed E-state index contributed by atoms with van der Waals surface area (Å²) < 4.78 is 18.4. The normalized spacial score (nSPS) is 19.2. The van der Waals surface area contributed by atoms with Gasteiger partial charge in [0, 0.05) is 6.42 Å². The lowest BCUT2D eigenvalue weighted by Gasteiger charge is -2.10. The van der Waals surface area contributed by atoms with Crippen LogP contribution in [0, 0.1) is 5.82 Å². The highest BCUT2D eigenvalue weighted by Crippen LogP contribution is 2.16. The molecule has 0 aromatic heterocycles. The largest absolute Gasteiger partial charge is 0.490 e. The molecule has 1 aromatic rings. The summed E-state index contributed by atoms with van der Waals surface area (Å²) in [4.78, 5) is 11.7. The molecule has 0 aliphatic carbocycles. The number of hydrogen-bond donors (Lipinski definition) is 1. The Hall–Kier alpha value is -1.42. The first kappa shape index (κ1) is 12.0. The van der Waals surface area contributed by atoms with Crippen LogP contribution in [0.4, 0.5) is 4.39 Å². The third-order valence-corrected chi connectivity index (χ3v) is 2.89. The van der Waals surface area contributed by atoms with Crippen molar-refractivity contribution >= 4 is 5.78 Å². The van der Waals surface area contributed by atoms with Gasteiger partial charge < -0.3 is 10.1 Å². The van der Waals surface area contributed by atoms with Crippen LogP contribution in [0.25, 0.3) is 0 Å². The van der Waals surface area contributed by atoms with Crippen LogP contribution in [0.1, 0.15) is 19.3 Å². The van der Waals surface area contributed by atoms with Crippen molar-refractivity contribution < 1.29 is 13.9 Å². The summed E-state index contributed by atoms with van der Waals surface area (Å²) in [5, 5.41) is 3.14. The Kier molecular flexibility index (Phi) is 4.09. The zero-order valence-electron chi connectivity index (χ0n) is 9.62. The number of halogens is 1. The molecule has 1 atom stereocenters. The lowest BCUT2D eigenvalue weighted by atomic mass is 10.1. The number of carbonyl (C=O) groups excluding carboxylic acids is 1. The Bertz CT molecular complexity index is 389. The predicted octanol–water partition coefficient (Wildman–Crippen LogP) is 1.92. The van der Waals surface area contributed by atoms with Gasteiger partial charge in [-0.05, 0) is 31.5 Å². The fourth-order valence-corrected chi connectivity index (χ4v) is 1.96. The first-order valence-corrected chi connectivity index (χ1v) is 5.91. The van der Waals surface area contributed by atoms with Crippen LogP contribution in [-0.4, -0.2) is 25.0 Å². The van der Waals surface area contributed by atoms with Crippen LogP contribution in [0.2, 0.25) is 0 Å². The average molecular weight is 237 g/mol. The second kappa shape index (κ2) is 5.77. The van der Waals surface area contributed by atoms with Gasteiger partial charge in [0.05, 0.1) is 12.6 Å². The van der Waals surface area contributed by atoms with Gasteiger partial charge in [0.15, 0.2) is 17.3 Å². The molecule has 0 spiro atoms. The number of benzene rings is 1. The monoisotopic (exact) mass is 237 g/mol. The molecule has 1 aromatic carbocycles. The quantitative estimate of drug-likeness (QED) is 0.850. The maximum Gasteiger partial charge on any atom is 0.165 e. The second-order valence-electron chi connectivity index (χ2n) is 4.14. The van der Waals surface area contributed by atoms with Gasteiger partial charge in [0.25, 0.3) is 0 Å². The third-order valence-electron chi connectivity index (χ3n) is 2.89. The maximum absolute atomic E-state index is 13.2. The van der Waals surface area contributed by atoms with Crippen molar-refractivity contribution in [2.24, 2.45) is 0 Å². The number of Topliss-reactive ketones (excluding diaryl/α,β-unsaturated/α-hetero) is 1. The van der Waals surface area contributed by atoms with E-state index in [0.717, 1.165) is 19.4 Å². The molecule has 1 saturated heterocycles. The fraction of sp³-hybridized carbons (Fsp3) is 0.462. The highest BCUT2D eigenvalue weighted by atomic mass is 19.1. The van der Waals surface area contributed by atoms with Crippen LogP contribution in [0.5, 0.6) is 5.75 Å². The molecule has 1 aliphatic rings. The van der Waals surface area contributed by atoms with E-state index in [2.05, 4.69) is 5.32 Å². The van der Waals surface area contributed by atoms with Crippen molar-refractivity contribution in [3.05, 3.63) is 30.1 Å². The Morgan fingerprint density at radius 3 is 3.00 bits per heavy atom. The first-order chi connectivity index (χ1) is 8.27. The number of ketones is 1. The van der Waals surface area contributed by atoms with Crippen molar-refractivity contribution in [3.8, 4) is 5.75 Å². The molecule has 1 aliphatic heterocycles. The molecule has 1 fully saturated rings. The summed E-state index contributed by atoms with van der Waals surface area (Å²) in [6.45, 7) is 1.14. The first-order valence-electron chi connectivity index (χ1n) is 5.91. The Morgan fingerprint density at radius 1 is 1.47 bits per heavy atom. The molecule has 4 heteroatoms. The summed E-state index contributed by atoms with van der Waals surface area (Å²) in [5.41, 5.74) is 0. The molecule has 0 saturated carbocycles. The Balaban J connectivity index is 1.76. The smallest absolute Gasteiger partial charge is 0.165 e. The SMILES string of the molecule is O=C(CCOc1ccccc1F)C1CCCN1. The van der Waals surface area contributed by atoms with Gasteiger partial charge in [0.2, 0.25) is 0 Å². The molecular formula is C13H16FNO2. The zero-order valence-corrected chi connectivity index (χ0v) is 9.62. The van der Waals surface area contributed by atoms with Gasteiger partial charge in [0.1, 0.15) is 0 Å². The summed E-state index contributed by atoms with van der Waals surface area (Å²) in [5.74, 6) is -0.0301. The van der Waals surface area contributed by atoms with E-state index in [1.807, 2.05) is 0 Å². The van der Waals surface area contributed by atoms with Crippen LogP contribution >= 0.6 is 0 Å². The van der Waals surface area contributed by atoms with Crippen molar-refractivity contribution in [1.29, 1.82) is 0 Å². The zero-order chi connectivity index (χ0) is 12.1. The number of carbonyl (C=O) groups is 1. The minimum absolute atomic E-state index is 0.0285. The molecule has 3 nitrogen and oxygen atoms in total.